The summed E-state index contributed by atoms with van der Waals surface area (Å²) in [5, 5.41) is 0. The maximum absolute atomic E-state index is 11.5. The number of carbonyl (C=O) groups is 1. The third-order valence-electron chi connectivity index (χ3n) is 2.72. The summed E-state index contributed by atoms with van der Waals surface area (Å²) in [6, 6.07) is 5.59. The van der Waals surface area contributed by atoms with Crippen molar-refractivity contribution in [3.05, 3.63) is 29.3 Å². The molecule has 0 bridgehead atoms. The summed E-state index contributed by atoms with van der Waals surface area (Å²) in [5.74, 6) is 1.22. The van der Waals surface area contributed by atoms with Gasteiger partial charge in [-0.2, -0.15) is 0 Å². The minimum Gasteiger partial charge on any atom is -0.490 e. The number of ether oxygens (including phenoxy) is 3. The Bertz CT molecular complexity index is 491. The number of rotatable bonds is 4. The fraction of sp³-hybridized carbons (Fsp3) is 0.357. The lowest BCUT2D eigenvalue weighted by Gasteiger charge is -2.26. The Morgan fingerprint density at radius 2 is 2.22 bits per heavy atom. The van der Waals surface area contributed by atoms with Crippen molar-refractivity contribution in [2.24, 2.45) is 0 Å². The normalized spacial score (nSPS) is 17.5. The molecule has 0 spiro atoms. The lowest BCUT2D eigenvalue weighted by atomic mass is 10.0. The second-order valence-corrected chi connectivity index (χ2v) is 3.95. The van der Waals surface area contributed by atoms with Crippen LogP contribution in [0.25, 0.3) is 6.08 Å². The SMILES string of the molecule is CCOc1cccc2c1OC(OC)C(C(C)=O)=C2. The molecule has 4 heteroatoms. The van der Waals surface area contributed by atoms with Gasteiger partial charge in [0.15, 0.2) is 17.3 Å². The van der Waals surface area contributed by atoms with E-state index in [1.807, 2.05) is 25.1 Å². The van der Waals surface area contributed by atoms with E-state index in [-0.39, 0.29) is 5.78 Å². The molecule has 4 nitrogen and oxygen atoms in total. The summed E-state index contributed by atoms with van der Waals surface area (Å²) in [5.41, 5.74) is 1.35. The molecule has 0 saturated carbocycles. The maximum atomic E-state index is 11.5. The highest BCUT2D eigenvalue weighted by molar-refractivity contribution is 5.99. The molecule has 0 amide bonds. The zero-order valence-corrected chi connectivity index (χ0v) is 10.7. The molecule has 0 N–H and O–H groups in total. The second-order valence-electron chi connectivity index (χ2n) is 3.95. The van der Waals surface area contributed by atoms with Crippen LogP contribution in [0, 0.1) is 0 Å². The van der Waals surface area contributed by atoms with Crippen molar-refractivity contribution in [1.29, 1.82) is 0 Å². The first kappa shape index (κ1) is 12.6. The van der Waals surface area contributed by atoms with Crippen LogP contribution in [-0.2, 0) is 9.53 Å². The lowest BCUT2D eigenvalue weighted by Crippen LogP contribution is -2.28. The molecule has 18 heavy (non-hydrogen) atoms. The van der Waals surface area contributed by atoms with Gasteiger partial charge in [0, 0.05) is 12.7 Å². The Morgan fingerprint density at radius 1 is 1.44 bits per heavy atom. The van der Waals surface area contributed by atoms with Crippen LogP contribution < -0.4 is 9.47 Å². The van der Waals surface area contributed by atoms with E-state index < -0.39 is 6.29 Å². The minimum absolute atomic E-state index is 0.0608. The fourth-order valence-electron chi connectivity index (χ4n) is 1.89. The van der Waals surface area contributed by atoms with E-state index in [4.69, 9.17) is 14.2 Å². The number of hydrogen-bond acceptors (Lipinski definition) is 4. The Labute approximate surface area is 106 Å². The average molecular weight is 248 g/mol. The summed E-state index contributed by atoms with van der Waals surface area (Å²) in [7, 11) is 1.51. The van der Waals surface area contributed by atoms with E-state index in [0.29, 0.717) is 23.7 Å². The molecule has 2 rings (SSSR count). The molecule has 1 aromatic carbocycles. The Balaban J connectivity index is 2.47. The number of hydrogen-bond donors (Lipinski definition) is 0. The number of methoxy groups -OCH3 is 1. The van der Waals surface area contributed by atoms with E-state index in [1.165, 1.54) is 14.0 Å². The van der Waals surface area contributed by atoms with Gasteiger partial charge in [0.2, 0.25) is 6.29 Å². The van der Waals surface area contributed by atoms with Gasteiger partial charge in [-0.25, -0.2) is 0 Å². The van der Waals surface area contributed by atoms with Crippen molar-refractivity contribution < 1.29 is 19.0 Å². The maximum Gasteiger partial charge on any atom is 0.230 e. The Morgan fingerprint density at radius 3 is 2.83 bits per heavy atom. The number of ketones is 1. The molecule has 0 radical (unpaired) electrons. The van der Waals surface area contributed by atoms with Crippen molar-refractivity contribution in [2.75, 3.05) is 13.7 Å². The third kappa shape index (κ3) is 2.24. The molecule has 0 aliphatic carbocycles. The van der Waals surface area contributed by atoms with Crippen molar-refractivity contribution in [3.63, 3.8) is 0 Å². The van der Waals surface area contributed by atoms with Gasteiger partial charge < -0.3 is 14.2 Å². The molecule has 1 aromatic rings. The van der Waals surface area contributed by atoms with Gasteiger partial charge in [0.05, 0.1) is 12.2 Å². The molecule has 1 heterocycles. The smallest absolute Gasteiger partial charge is 0.230 e. The summed E-state index contributed by atoms with van der Waals surface area (Å²) < 4.78 is 16.4. The van der Waals surface area contributed by atoms with Crippen LogP contribution in [-0.4, -0.2) is 25.8 Å². The van der Waals surface area contributed by atoms with E-state index in [2.05, 4.69) is 0 Å². The van der Waals surface area contributed by atoms with Crippen molar-refractivity contribution >= 4 is 11.9 Å². The Hall–Kier alpha value is -1.81. The number of benzene rings is 1. The molecule has 1 atom stereocenters. The zero-order valence-electron chi connectivity index (χ0n) is 10.7. The topological polar surface area (TPSA) is 44.8 Å². The molecule has 96 valence electrons. The van der Waals surface area contributed by atoms with Gasteiger partial charge in [-0.3, -0.25) is 4.79 Å². The van der Waals surface area contributed by atoms with Crippen LogP contribution in [0.2, 0.25) is 0 Å². The van der Waals surface area contributed by atoms with Gasteiger partial charge in [0.25, 0.3) is 0 Å². The second kappa shape index (κ2) is 5.23. The van der Waals surface area contributed by atoms with E-state index in [9.17, 15) is 4.79 Å². The lowest BCUT2D eigenvalue weighted by molar-refractivity contribution is -0.117. The van der Waals surface area contributed by atoms with Crippen LogP contribution in [0.4, 0.5) is 0 Å². The summed E-state index contributed by atoms with van der Waals surface area (Å²) in [6.45, 7) is 3.96. The number of fused-ring (bicyclic) bond motifs is 1. The van der Waals surface area contributed by atoms with Crippen molar-refractivity contribution in [2.45, 2.75) is 20.1 Å². The predicted octanol–water partition coefficient (Wildman–Crippen LogP) is 2.42. The quantitative estimate of drug-likeness (QED) is 0.820. The molecule has 1 aliphatic heterocycles. The first-order chi connectivity index (χ1) is 8.67. The van der Waals surface area contributed by atoms with E-state index >= 15 is 0 Å². The third-order valence-corrected chi connectivity index (χ3v) is 2.72. The first-order valence-electron chi connectivity index (χ1n) is 5.85. The van der Waals surface area contributed by atoms with E-state index in [1.54, 1.807) is 6.08 Å². The summed E-state index contributed by atoms with van der Waals surface area (Å²) in [4.78, 5) is 11.5. The highest BCUT2D eigenvalue weighted by Crippen LogP contribution is 2.38. The standard InChI is InChI=1S/C14H16O4/c1-4-17-12-7-5-6-10-8-11(9(2)15)14(16-3)18-13(10)12/h5-8,14H,4H2,1-3H3. The predicted molar refractivity (Wildman–Crippen MR) is 67.7 cm³/mol. The molecule has 1 aliphatic rings. The molecule has 0 aromatic heterocycles. The van der Waals surface area contributed by atoms with E-state index in [0.717, 1.165) is 5.56 Å². The fourth-order valence-corrected chi connectivity index (χ4v) is 1.89. The van der Waals surface area contributed by atoms with Crippen molar-refractivity contribution in [1.82, 2.24) is 0 Å². The van der Waals surface area contributed by atoms with Gasteiger partial charge in [-0.05, 0) is 26.0 Å². The Kier molecular flexibility index (Phi) is 3.67. The van der Waals surface area contributed by atoms with Crippen LogP contribution in [0.15, 0.2) is 23.8 Å². The van der Waals surface area contributed by atoms with Gasteiger partial charge >= 0.3 is 0 Å². The monoisotopic (exact) mass is 248 g/mol. The van der Waals surface area contributed by atoms with Crippen LogP contribution in [0.5, 0.6) is 11.5 Å². The molecule has 0 fully saturated rings. The average Bonchev–Trinajstić information content (AvgIpc) is 2.38. The van der Waals surface area contributed by atoms with Gasteiger partial charge in [-0.15, -0.1) is 0 Å². The molecular formula is C14H16O4. The largest absolute Gasteiger partial charge is 0.490 e. The first-order valence-corrected chi connectivity index (χ1v) is 5.85. The summed E-state index contributed by atoms with van der Waals surface area (Å²) in [6.07, 6.45) is 1.12. The minimum atomic E-state index is -0.670. The van der Waals surface area contributed by atoms with Crippen molar-refractivity contribution in [3.8, 4) is 11.5 Å². The number of Topliss-reactive ketones (excluding diaryl/α,β-unsaturated/α-hetero) is 1. The number of para-hydroxylation sites is 1. The number of carbonyl (C=O) groups excluding carboxylic acids is 1. The zero-order chi connectivity index (χ0) is 13.1. The summed E-state index contributed by atoms with van der Waals surface area (Å²) >= 11 is 0. The van der Waals surface area contributed by atoms with Crippen LogP contribution >= 0.6 is 0 Å². The highest BCUT2D eigenvalue weighted by Gasteiger charge is 2.27. The molecule has 0 saturated heterocycles. The van der Waals surface area contributed by atoms with Gasteiger partial charge in [0.1, 0.15) is 0 Å². The molecular weight excluding hydrogens is 232 g/mol. The van der Waals surface area contributed by atoms with Crippen LogP contribution in [0.3, 0.4) is 0 Å². The highest BCUT2D eigenvalue weighted by atomic mass is 16.7. The van der Waals surface area contributed by atoms with Crippen LogP contribution in [0.1, 0.15) is 19.4 Å². The molecule has 1 unspecified atom stereocenters. The van der Waals surface area contributed by atoms with Gasteiger partial charge in [-0.1, -0.05) is 12.1 Å².